The van der Waals surface area contributed by atoms with Crippen molar-refractivity contribution < 1.29 is 23.4 Å². The van der Waals surface area contributed by atoms with Crippen LogP contribution in [0, 0.1) is 15.5 Å². The van der Waals surface area contributed by atoms with E-state index in [0.717, 1.165) is 75.8 Å². The molecular formula is C44H50Cl2N6O6S. The number of hydrogen-bond donors (Lipinski definition) is 2. The summed E-state index contributed by atoms with van der Waals surface area (Å²) in [5.41, 5.74) is 5.52. The van der Waals surface area contributed by atoms with E-state index in [-0.39, 0.29) is 27.3 Å². The average Bonchev–Trinajstić information content (AvgIpc) is 3.22. The number of carbonyl (C=O) groups is 1. The van der Waals surface area contributed by atoms with Gasteiger partial charge in [-0.2, -0.15) is 0 Å². The van der Waals surface area contributed by atoms with Gasteiger partial charge in [-0.05, 0) is 90.4 Å². The number of nitro groups is 1. The second-order valence-corrected chi connectivity index (χ2v) is 18.0. The van der Waals surface area contributed by atoms with E-state index in [1.807, 2.05) is 24.3 Å². The van der Waals surface area contributed by atoms with Gasteiger partial charge in [0.2, 0.25) is 0 Å². The lowest BCUT2D eigenvalue weighted by molar-refractivity contribution is -0.384. The summed E-state index contributed by atoms with van der Waals surface area (Å²) in [5.74, 6) is 0.0324. The lowest BCUT2D eigenvalue weighted by atomic mass is 9.72. The first-order valence-electron chi connectivity index (χ1n) is 20.0. The van der Waals surface area contributed by atoms with Crippen molar-refractivity contribution in [1.29, 1.82) is 0 Å². The van der Waals surface area contributed by atoms with Crippen LogP contribution in [0.4, 0.5) is 17.1 Å². The average molecular weight is 862 g/mol. The third-order valence-electron chi connectivity index (χ3n) is 11.2. The zero-order valence-corrected chi connectivity index (χ0v) is 35.7. The van der Waals surface area contributed by atoms with Crippen molar-refractivity contribution in [3.05, 3.63) is 122 Å². The first-order chi connectivity index (χ1) is 28.4. The third-order valence-corrected chi connectivity index (χ3v) is 12.7. The Morgan fingerprint density at radius 1 is 0.915 bits per heavy atom. The number of carbonyl (C=O) groups excluding carboxylic acids is 1. The number of benzene rings is 4. The van der Waals surface area contributed by atoms with Crippen LogP contribution in [0.2, 0.25) is 10.0 Å². The Morgan fingerprint density at radius 3 is 2.41 bits per heavy atom. The van der Waals surface area contributed by atoms with Crippen LogP contribution in [0.25, 0.3) is 5.57 Å². The molecule has 1 unspecified atom stereocenters. The molecule has 15 heteroatoms. The molecule has 1 amide bonds. The molecule has 1 atom stereocenters. The van der Waals surface area contributed by atoms with Crippen molar-refractivity contribution >= 4 is 62.7 Å². The Hall–Kier alpha value is -4.50. The van der Waals surface area contributed by atoms with E-state index in [1.165, 1.54) is 34.9 Å². The van der Waals surface area contributed by atoms with Crippen LogP contribution in [0.5, 0.6) is 11.5 Å². The van der Waals surface area contributed by atoms with E-state index in [9.17, 15) is 19.1 Å². The SMILES string of the molecule is CC1(C)CCC(CN2CCN(c3ccc(C(=O)NS(=O)c4ccc(NCCN5CCOCC5)c([N+](=O)[O-])c4)c(Oc4cccc(Cl)c4)c3)CC2)=C(c2ccc(Cl)cc2)C1. The normalized spacial score (nSPS) is 18.0. The molecule has 3 aliphatic rings. The highest BCUT2D eigenvalue weighted by atomic mass is 35.5. The molecule has 1 aliphatic carbocycles. The minimum atomic E-state index is -2.11. The van der Waals surface area contributed by atoms with Gasteiger partial charge in [0.05, 0.1) is 28.6 Å². The molecule has 2 aliphatic heterocycles. The van der Waals surface area contributed by atoms with Crippen LogP contribution in [-0.2, 0) is 15.7 Å². The van der Waals surface area contributed by atoms with Gasteiger partial charge in [-0.25, -0.2) is 4.21 Å². The fraction of sp³-hybridized carbons (Fsp3) is 0.386. The van der Waals surface area contributed by atoms with E-state index in [2.05, 4.69) is 50.7 Å². The van der Waals surface area contributed by atoms with E-state index in [0.29, 0.717) is 42.8 Å². The Labute approximate surface area is 358 Å². The molecule has 0 bridgehead atoms. The Bertz CT molecular complexity index is 2210. The molecule has 312 valence electrons. The predicted molar refractivity (Wildman–Crippen MR) is 235 cm³/mol. The van der Waals surface area contributed by atoms with Crippen molar-refractivity contribution in [2.45, 2.75) is 38.0 Å². The van der Waals surface area contributed by atoms with E-state index in [4.69, 9.17) is 32.7 Å². The summed E-state index contributed by atoms with van der Waals surface area (Å²) in [4.78, 5) is 32.4. The number of rotatable bonds is 14. The van der Waals surface area contributed by atoms with Crippen LogP contribution in [-0.4, -0.2) is 97.0 Å². The maximum absolute atomic E-state index is 13.8. The summed E-state index contributed by atoms with van der Waals surface area (Å²) in [7, 11) is -2.11. The van der Waals surface area contributed by atoms with E-state index in [1.54, 1.807) is 30.3 Å². The number of nitro benzene ring substituents is 1. The molecule has 2 heterocycles. The van der Waals surface area contributed by atoms with E-state index >= 15 is 0 Å². The summed E-state index contributed by atoms with van der Waals surface area (Å²) in [6, 6.07) is 24.7. The topological polar surface area (TPSA) is 130 Å². The number of allylic oxidation sites excluding steroid dienone is 1. The summed E-state index contributed by atoms with van der Waals surface area (Å²) in [6.07, 6.45) is 3.26. The number of piperazine rings is 1. The molecule has 2 saturated heterocycles. The largest absolute Gasteiger partial charge is 0.456 e. The molecule has 2 N–H and O–H groups in total. The van der Waals surface area contributed by atoms with Crippen LogP contribution >= 0.6 is 23.2 Å². The maximum Gasteiger partial charge on any atom is 0.293 e. The monoisotopic (exact) mass is 860 g/mol. The first-order valence-corrected chi connectivity index (χ1v) is 21.9. The summed E-state index contributed by atoms with van der Waals surface area (Å²) in [5, 5.41) is 16.4. The maximum atomic E-state index is 13.8. The number of ether oxygens (including phenoxy) is 2. The Morgan fingerprint density at radius 2 is 1.68 bits per heavy atom. The Balaban J connectivity index is 1.04. The first kappa shape index (κ1) is 42.6. The second-order valence-electron chi connectivity index (χ2n) is 15.9. The minimum absolute atomic E-state index is 0.0866. The molecule has 2 fully saturated rings. The fourth-order valence-corrected chi connectivity index (χ4v) is 8.95. The van der Waals surface area contributed by atoms with E-state index < -0.39 is 21.8 Å². The van der Waals surface area contributed by atoms with Crippen LogP contribution < -0.4 is 19.7 Å². The quantitative estimate of drug-likeness (QED) is 0.0939. The van der Waals surface area contributed by atoms with Crippen molar-refractivity contribution in [2.75, 3.05) is 82.3 Å². The molecule has 12 nitrogen and oxygen atoms in total. The summed E-state index contributed by atoms with van der Waals surface area (Å²) < 4.78 is 27.7. The van der Waals surface area contributed by atoms with Gasteiger partial charge in [0.25, 0.3) is 11.6 Å². The van der Waals surface area contributed by atoms with Gasteiger partial charge in [0, 0.05) is 86.8 Å². The van der Waals surface area contributed by atoms with Gasteiger partial charge in [-0.3, -0.25) is 29.4 Å². The van der Waals surface area contributed by atoms with Gasteiger partial charge in [0.1, 0.15) is 17.2 Å². The Kier molecular flexibility index (Phi) is 13.9. The number of anilines is 2. The van der Waals surface area contributed by atoms with Gasteiger partial charge in [-0.15, -0.1) is 0 Å². The predicted octanol–water partition coefficient (Wildman–Crippen LogP) is 8.68. The number of halogens is 2. The van der Waals surface area contributed by atoms with Gasteiger partial charge in [-0.1, -0.05) is 60.8 Å². The molecule has 59 heavy (non-hydrogen) atoms. The fourth-order valence-electron chi connectivity index (χ4n) is 7.83. The highest BCUT2D eigenvalue weighted by Crippen LogP contribution is 2.43. The number of hydrogen-bond acceptors (Lipinski definition) is 10. The highest BCUT2D eigenvalue weighted by molar-refractivity contribution is 7.83. The minimum Gasteiger partial charge on any atom is -0.456 e. The highest BCUT2D eigenvalue weighted by Gasteiger charge is 2.30. The zero-order valence-electron chi connectivity index (χ0n) is 33.4. The van der Waals surface area contributed by atoms with Crippen molar-refractivity contribution in [1.82, 2.24) is 14.5 Å². The molecule has 4 aromatic carbocycles. The molecule has 0 spiro atoms. The number of amides is 1. The molecule has 4 aromatic rings. The van der Waals surface area contributed by atoms with Crippen LogP contribution in [0.1, 0.15) is 49.0 Å². The number of morpholine rings is 1. The molecule has 0 aromatic heterocycles. The van der Waals surface area contributed by atoms with Gasteiger partial charge in [0.15, 0.2) is 11.0 Å². The smallest absolute Gasteiger partial charge is 0.293 e. The number of nitrogens with one attached hydrogen (secondary N) is 2. The summed E-state index contributed by atoms with van der Waals surface area (Å²) >= 11 is 12.5. The molecule has 0 saturated carbocycles. The molecule has 0 radical (unpaired) electrons. The van der Waals surface area contributed by atoms with Crippen molar-refractivity contribution in [3.8, 4) is 11.5 Å². The van der Waals surface area contributed by atoms with Crippen LogP contribution in [0.15, 0.2) is 95.4 Å². The van der Waals surface area contributed by atoms with Crippen molar-refractivity contribution in [2.24, 2.45) is 5.41 Å². The summed E-state index contributed by atoms with van der Waals surface area (Å²) in [6.45, 7) is 13.0. The second kappa shape index (κ2) is 19.3. The lowest BCUT2D eigenvalue weighted by Crippen LogP contribution is -2.47. The zero-order chi connectivity index (χ0) is 41.5. The van der Waals surface area contributed by atoms with Gasteiger partial charge < -0.3 is 19.7 Å². The van der Waals surface area contributed by atoms with Crippen LogP contribution in [0.3, 0.4) is 0 Å². The third kappa shape index (κ3) is 11.2. The van der Waals surface area contributed by atoms with Gasteiger partial charge >= 0.3 is 0 Å². The molecular weight excluding hydrogens is 811 g/mol. The number of nitrogens with zero attached hydrogens (tertiary/aromatic N) is 4. The molecule has 7 rings (SSSR count). The lowest BCUT2D eigenvalue weighted by Gasteiger charge is -2.39. The van der Waals surface area contributed by atoms with Crippen molar-refractivity contribution in [3.63, 3.8) is 0 Å². The standard InChI is InChI=1S/C44H50Cl2N6O6S/c1-44(2)15-14-32(39(29-44)31-6-8-33(45)9-7-31)30-50-18-20-51(21-19-50)35-10-12-38(42(27-35)58-36-5-3-4-34(46)26-36)43(53)48-59(56)37-11-13-40(41(28-37)52(54)55)47-16-17-49-22-24-57-25-23-49/h3-13,26-28,47H,14-25,29-30H2,1-2H3,(H,48,53).